The van der Waals surface area contributed by atoms with Gasteiger partial charge in [0.1, 0.15) is 0 Å². The zero-order valence-corrected chi connectivity index (χ0v) is 93.1. The summed E-state index contributed by atoms with van der Waals surface area (Å²) in [6.45, 7) is 5.13. The van der Waals surface area contributed by atoms with Crippen molar-refractivity contribution in [1.29, 1.82) is 5.26 Å². The van der Waals surface area contributed by atoms with Crippen LogP contribution in [0.25, 0.3) is 0 Å². The summed E-state index contributed by atoms with van der Waals surface area (Å²) in [7, 11) is 0.959. The first kappa shape index (κ1) is 107. The second kappa shape index (κ2) is 56.7. The first-order chi connectivity index (χ1) is 68.4. The summed E-state index contributed by atoms with van der Waals surface area (Å²) in [5.41, 5.74) is 33.5. The fourth-order valence-corrected chi connectivity index (χ4v) is 58.6. The van der Waals surface area contributed by atoms with Gasteiger partial charge in [0.15, 0.2) is 0 Å². The highest BCUT2D eigenvalue weighted by molar-refractivity contribution is 7.61. The van der Waals surface area contributed by atoms with Crippen molar-refractivity contribution in [2.24, 2.45) is 0 Å². The van der Waals surface area contributed by atoms with E-state index in [2.05, 4.69) is 141 Å². The number of aryl methyl sites for hydroxylation is 3. The van der Waals surface area contributed by atoms with Gasteiger partial charge in [0.2, 0.25) is 0 Å². The van der Waals surface area contributed by atoms with Gasteiger partial charge in [0, 0.05) is 11.3 Å². The van der Waals surface area contributed by atoms with Crippen molar-refractivity contribution < 1.29 is 13.2 Å². The fourth-order valence-electron chi connectivity index (χ4n) is 31.8. The normalized spacial score (nSPS) is 24.9. The molecule has 16 aliphatic rings. The van der Waals surface area contributed by atoms with Crippen LogP contribution < -0.4 is 0 Å². The molecule has 762 valence electrons. The van der Waals surface area contributed by atoms with E-state index >= 15 is 0 Å². The standard InChI is InChI=1S/C23H32F3P.C23H32NP.2C21H31P.C21H33P.C20H31P/c24-23(25,26)19-13-11-17-12-14-22(16-18(17)15-19)27(20-7-3-1-4-8-20)21-9-5-2-6-10-21;24-17-18-11-12-19-13-14-23(16-20(19)15-18)25(21-7-3-1-4-8-21)22-9-5-2-6-10-22;1-3-11-19(12-4-1)22(20-13-5-2-6-14-20)21-15-17-9-7-8-10-18(17)16-21;1-3-10-18(11-4-1)22(19-12-5-2-6-13-19)21-16-15-17-9-7-8-14-20(17)21;1-18(17-19-11-5-2-6-12-19)22(20-13-7-3-8-14-20)21-15-9-4-10-16-21;1-17(18-11-5-2-6-12-18)21(19-13-7-3-8-14-19)20-15-9-4-10-16-20/h11,13,15,20-22H,1-10,12,14,16H2;11-12,15,21-23H,1-10,13-14,16H2;7-10,19-21H,1-6,11-16H2;7-9,14,18-19,21H,1-6,10-13,15-16H2;2,5-6,11-12,18,20-21H,3-4,7-10,13-17H2,1H3;2,5-6,11-12,17,19-20H,3-4,7-10,13-16H2,1H3. The lowest BCUT2D eigenvalue weighted by Gasteiger charge is -2.44. The van der Waals surface area contributed by atoms with E-state index < -0.39 is 11.7 Å². The van der Waals surface area contributed by atoms with E-state index in [1.54, 1.807) is 116 Å². The largest absolute Gasteiger partial charge is 0.416 e. The SMILES string of the molecule is CC(Cc1ccccc1)P(C1CCCCC1)C1CCCCC1.CC(c1ccccc1)P(C1CCCCC1)C1CCCCC1.FC(F)(F)c1ccc2c(c1)CC(P(C1CCCCC1)C1CCCCC1)CC2.N#Cc1ccc2c(c1)CC(P(C1CCCCC1)C1CCCCC1)CC2.c1ccc2c(c1)CC(P(C1CCCCC1)C1CCCCC1)C2.c1ccc2c(c1)CCC2P(C1CCCCC1)C1CCCCC1. The Morgan fingerprint density at radius 1 is 0.266 bits per heavy atom. The Hall–Kier alpha value is -2.82. The maximum Gasteiger partial charge on any atom is 0.416 e. The molecule has 0 bridgehead atoms. The fraction of sp³-hybridized carbons (Fsp3) is 0.713. The molecule has 12 fully saturated rings. The predicted octanol–water partition coefficient (Wildman–Crippen LogP) is 41.1. The number of hydrogen-bond donors (Lipinski definition) is 0. The van der Waals surface area contributed by atoms with Gasteiger partial charge in [-0.3, -0.25) is 0 Å². The van der Waals surface area contributed by atoms with E-state index in [0.29, 0.717) is 5.66 Å². The number of nitriles is 1. The molecule has 16 aliphatic carbocycles. The molecule has 139 heavy (non-hydrogen) atoms. The Bertz CT molecular complexity index is 4370. The maximum atomic E-state index is 13.2. The van der Waals surface area contributed by atoms with Crippen LogP contribution in [0.1, 0.15) is 496 Å². The number of hydrogen-bond acceptors (Lipinski definition) is 1. The van der Waals surface area contributed by atoms with Crippen molar-refractivity contribution in [1.82, 2.24) is 0 Å². The molecule has 0 saturated heterocycles. The summed E-state index contributed by atoms with van der Waals surface area (Å²) in [5, 5.41) is 9.28. The smallest absolute Gasteiger partial charge is 0.192 e. The van der Waals surface area contributed by atoms with Crippen LogP contribution in [0.5, 0.6) is 0 Å². The molecular weight excluding hydrogens is 1810 g/mol. The number of rotatable bonds is 21. The lowest BCUT2D eigenvalue weighted by Crippen LogP contribution is -2.30. The number of nitrogens with zero attached hydrogens (tertiary/aromatic N) is 1. The molecule has 6 aromatic carbocycles. The lowest BCUT2D eigenvalue weighted by molar-refractivity contribution is -0.137. The van der Waals surface area contributed by atoms with Gasteiger partial charge in [0.05, 0.1) is 17.2 Å². The van der Waals surface area contributed by atoms with Gasteiger partial charge in [-0.15, -0.1) is 0 Å². The molecular formula is C129H190F3NP6. The first-order valence-electron chi connectivity index (χ1n) is 60.0. The average Bonchev–Trinajstić information content (AvgIpc) is 1.62. The van der Waals surface area contributed by atoms with E-state index in [-0.39, 0.29) is 47.5 Å². The minimum Gasteiger partial charge on any atom is -0.192 e. The van der Waals surface area contributed by atoms with Crippen LogP contribution in [0.15, 0.2) is 146 Å². The summed E-state index contributed by atoms with van der Waals surface area (Å²) in [4.78, 5) is 0. The van der Waals surface area contributed by atoms with Crippen LogP contribution in [-0.2, 0) is 57.5 Å². The molecule has 12 saturated carbocycles. The highest BCUT2D eigenvalue weighted by atomic mass is 31.1. The first-order valence-corrected chi connectivity index (χ1v) is 69.3. The monoisotopic (exact) mass is 2000 g/mol. The molecule has 5 atom stereocenters. The van der Waals surface area contributed by atoms with E-state index in [4.69, 9.17) is 0 Å². The third kappa shape index (κ3) is 30.5. The maximum absolute atomic E-state index is 13.2. The summed E-state index contributed by atoms with van der Waals surface area (Å²) >= 11 is 0. The number of halogens is 3. The molecule has 1 nitrogen and oxygen atoms in total. The second-order valence-electron chi connectivity index (χ2n) is 47.8. The van der Waals surface area contributed by atoms with Crippen molar-refractivity contribution in [2.45, 2.75) is 578 Å². The Kier molecular flexibility index (Phi) is 43.8. The molecule has 0 aromatic heterocycles. The van der Waals surface area contributed by atoms with Gasteiger partial charge in [-0.1, -0.05) is 414 Å². The number of fused-ring (bicyclic) bond motifs is 4. The Morgan fingerprint density at radius 2 is 0.561 bits per heavy atom. The molecule has 0 aliphatic heterocycles. The zero-order valence-electron chi connectivity index (χ0n) is 87.7. The van der Waals surface area contributed by atoms with Crippen LogP contribution in [0, 0.1) is 11.3 Å². The average molecular weight is 2000 g/mol. The van der Waals surface area contributed by atoms with E-state index in [9.17, 15) is 18.4 Å². The van der Waals surface area contributed by atoms with Crippen molar-refractivity contribution in [2.75, 3.05) is 0 Å². The molecule has 6 aromatic rings. The van der Waals surface area contributed by atoms with Crippen molar-refractivity contribution in [3.8, 4) is 6.07 Å². The quantitative estimate of drug-likeness (QED) is 0.0659. The van der Waals surface area contributed by atoms with Crippen molar-refractivity contribution in [3.63, 3.8) is 0 Å². The minimum atomic E-state index is -4.22. The van der Waals surface area contributed by atoms with Gasteiger partial charge in [-0.25, -0.2) is 0 Å². The molecule has 10 heteroatoms. The van der Waals surface area contributed by atoms with Crippen LogP contribution in [0.2, 0.25) is 0 Å². The minimum absolute atomic E-state index is 0.0586. The van der Waals surface area contributed by atoms with E-state index in [1.165, 1.54) is 395 Å². The van der Waals surface area contributed by atoms with Crippen LogP contribution in [0.4, 0.5) is 13.2 Å². The van der Waals surface area contributed by atoms with Gasteiger partial charge < -0.3 is 0 Å². The Labute approximate surface area is 855 Å². The molecule has 0 N–H and O–H groups in total. The third-order valence-electron chi connectivity index (χ3n) is 38.6. The third-order valence-corrected chi connectivity index (χ3v) is 62.3. The molecule has 22 rings (SSSR count). The Morgan fingerprint density at radius 3 is 0.928 bits per heavy atom. The van der Waals surface area contributed by atoms with Crippen molar-refractivity contribution in [3.05, 3.63) is 212 Å². The van der Waals surface area contributed by atoms with Gasteiger partial charge in [-0.05, 0) is 395 Å². The highest BCUT2D eigenvalue weighted by Crippen LogP contribution is 2.70. The number of alkyl halides is 3. The van der Waals surface area contributed by atoms with Gasteiger partial charge in [-0.2, -0.15) is 18.4 Å². The number of benzene rings is 6. The summed E-state index contributed by atoms with van der Waals surface area (Å²) in [5.74, 6) is 0. The van der Waals surface area contributed by atoms with E-state index in [1.807, 2.05) is 6.07 Å². The molecule has 0 heterocycles. The predicted molar refractivity (Wildman–Crippen MR) is 608 cm³/mol. The highest BCUT2D eigenvalue weighted by Gasteiger charge is 2.46. The summed E-state index contributed by atoms with van der Waals surface area (Å²) < 4.78 is 39.6. The van der Waals surface area contributed by atoms with Crippen LogP contribution in [-0.4, -0.2) is 90.5 Å². The van der Waals surface area contributed by atoms with Gasteiger partial charge in [0.25, 0.3) is 0 Å². The van der Waals surface area contributed by atoms with E-state index in [0.717, 1.165) is 120 Å². The lowest BCUT2D eigenvalue weighted by atomic mass is 9.90. The summed E-state index contributed by atoms with van der Waals surface area (Å²) in [6.07, 6.45) is 99.5. The van der Waals surface area contributed by atoms with Crippen LogP contribution >= 0.6 is 47.5 Å². The molecule has 5 unspecified atom stereocenters. The van der Waals surface area contributed by atoms with Crippen LogP contribution in [0.3, 0.4) is 0 Å². The topological polar surface area (TPSA) is 23.8 Å². The molecule has 0 radical (unpaired) electrons. The molecule has 0 amide bonds. The van der Waals surface area contributed by atoms with Crippen molar-refractivity contribution >= 4 is 47.5 Å². The van der Waals surface area contributed by atoms with Gasteiger partial charge >= 0.3 is 6.18 Å². The summed E-state index contributed by atoms with van der Waals surface area (Å²) in [6, 6.07) is 54.7. The second-order valence-corrected chi connectivity index (χ2v) is 66.4. The molecule has 0 spiro atoms. The zero-order chi connectivity index (χ0) is 95.2. The Balaban J connectivity index is 0.000000115.